The van der Waals surface area contributed by atoms with Gasteiger partial charge in [0.05, 0.1) is 10.3 Å². The molecule has 3 rings (SSSR count). The van der Waals surface area contributed by atoms with Crippen LogP contribution in [0.5, 0.6) is 0 Å². The van der Waals surface area contributed by atoms with Crippen molar-refractivity contribution in [2.75, 3.05) is 11.5 Å². The van der Waals surface area contributed by atoms with Gasteiger partial charge in [-0.2, -0.15) is 9.97 Å². The molecule has 2 heterocycles. The van der Waals surface area contributed by atoms with Crippen LogP contribution in [-0.4, -0.2) is 22.4 Å². The minimum Gasteiger partial charge on any atom is -0.383 e. The summed E-state index contributed by atoms with van der Waals surface area (Å²) in [5.74, 6) is 0.0782. The lowest BCUT2D eigenvalue weighted by molar-refractivity contribution is 0.589. The van der Waals surface area contributed by atoms with E-state index in [-0.39, 0.29) is 22.3 Å². The average molecular weight is 303 g/mol. The second kappa shape index (κ2) is 4.45. The molecule has 0 aliphatic rings. The zero-order valence-corrected chi connectivity index (χ0v) is 12.0. The summed E-state index contributed by atoms with van der Waals surface area (Å²) >= 11 is 0. The summed E-state index contributed by atoms with van der Waals surface area (Å²) in [7, 11) is -3.76. The smallest absolute Gasteiger partial charge is 0.269 e. The number of anilines is 2. The normalized spacial score (nSPS) is 11.9. The van der Waals surface area contributed by atoms with Crippen LogP contribution in [-0.2, 0) is 10.0 Å². The number of nitrogen functional groups attached to an aromatic ring is 2. The van der Waals surface area contributed by atoms with Gasteiger partial charge in [-0.15, -0.1) is 0 Å². The summed E-state index contributed by atoms with van der Waals surface area (Å²) in [5, 5.41) is 0.444. The largest absolute Gasteiger partial charge is 0.383 e. The zero-order chi connectivity index (χ0) is 15.2. The summed E-state index contributed by atoms with van der Waals surface area (Å²) in [6.07, 6.45) is 1.39. The van der Waals surface area contributed by atoms with Gasteiger partial charge in [0.25, 0.3) is 10.0 Å². The van der Waals surface area contributed by atoms with Crippen LogP contribution in [0.3, 0.4) is 0 Å². The first-order valence-electron chi connectivity index (χ1n) is 6.12. The van der Waals surface area contributed by atoms with Crippen molar-refractivity contribution in [3.8, 4) is 0 Å². The Morgan fingerprint density at radius 2 is 1.71 bits per heavy atom. The molecule has 0 amide bonds. The molecule has 0 atom stereocenters. The highest BCUT2D eigenvalue weighted by molar-refractivity contribution is 7.90. The van der Waals surface area contributed by atoms with E-state index in [1.165, 1.54) is 6.20 Å². The third-order valence-corrected chi connectivity index (χ3v) is 4.82. The van der Waals surface area contributed by atoms with E-state index < -0.39 is 10.0 Å². The molecule has 2 aromatic heterocycles. The van der Waals surface area contributed by atoms with Gasteiger partial charge in [0.15, 0.2) is 5.65 Å². The Kier molecular flexibility index (Phi) is 2.84. The Hall–Kier alpha value is -2.61. The number of nitrogens with two attached hydrogens (primary N) is 2. The highest BCUT2D eigenvalue weighted by atomic mass is 32.2. The van der Waals surface area contributed by atoms with Crippen molar-refractivity contribution in [2.24, 2.45) is 0 Å². The van der Waals surface area contributed by atoms with E-state index in [2.05, 4.69) is 9.97 Å². The molecule has 0 spiro atoms. The van der Waals surface area contributed by atoms with E-state index in [0.717, 1.165) is 9.54 Å². The van der Waals surface area contributed by atoms with Crippen molar-refractivity contribution in [3.05, 3.63) is 42.1 Å². The fraction of sp³-hybridized carbons (Fsp3) is 0.0769. The van der Waals surface area contributed by atoms with Crippen molar-refractivity contribution < 1.29 is 8.42 Å². The monoisotopic (exact) mass is 303 g/mol. The Morgan fingerprint density at radius 1 is 1.05 bits per heavy atom. The van der Waals surface area contributed by atoms with Crippen LogP contribution >= 0.6 is 0 Å². The van der Waals surface area contributed by atoms with E-state index in [1.54, 1.807) is 30.3 Å². The second-order valence-electron chi connectivity index (χ2n) is 4.63. The third kappa shape index (κ3) is 2.09. The molecule has 4 N–H and O–H groups in total. The Morgan fingerprint density at radius 3 is 2.38 bits per heavy atom. The molecule has 0 unspecified atom stereocenters. The number of aryl methyl sites for hydroxylation is 1. The summed E-state index contributed by atoms with van der Waals surface area (Å²) in [4.78, 5) is 7.96. The number of nitrogens with zero attached hydrogens (tertiary/aromatic N) is 3. The molecule has 3 aromatic rings. The lowest BCUT2D eigenvalue weighted by atomic mass is 10.2. The maximum absolute atomic E-state index is 12.7. The minimum absolute atomic E-state index is 0.0703. The molecule has 21 heavy (non-hydrogen) atoms. The highest BCUT2D eigenvalue weighted by Gasteiger charge is 2.21. The molecule has 0 saturated carbocycles. The van der Waals surface area contributed by atoms with Gasteiger partial charge in [0, 0.05) is 6.20 Å². The lowest BCUT2D eigenvalue weighted by Crippen LogP contribution is -2.13. The van der Waals surface area contributed by atoms with Crippen LogP contribution in [0.15, 0.2) is 41.4 Å². The van der Waals surface area contributed by atoms with Crippen molar-refractivity contribution in [1.29, 1.82) is 0 Å². The van der Waals surface area contributed by atoms with Crippen LogP contribution in [0.4, 0.5) is 11.8 Å². The first-order valence-corrected chi connectivity index (χ1v) is 7.56. The van der Waals surface area contributed by atoms with Gasteiger partial charge in [0.1, 0.15) is 5.82 Å². The highest BCUT2D eigenvalue weighted by Crippen LogP contribution is 2.24. The number of hydrogen-bond acceptors (Lipinski definition) is 6. The molecule has 0 saturated heterocycles. The molecule has 0 fully saturated rings. The Bertz CT molecular complexity index is 929. The lowest BCUT2D eigenvalue weighted by Gasteiger charge is -2.08. The minimum atomic E-state index is -3.76. The molecular formula is C13H13N5O2S. The molecule has 108 valence electrons. The second-order valence-corrected chi connectivity index (χ2v) is 6.45. The summed E-state index contributed by atoms with van der Waals surface area (Å²) in [5.41, 5.74) is 12.4. The number of fused-ring (bicyclic) bond motifs is 1. The van der Waals surface area contributed by atoms with Crippen LogP contribution in [0.1, 0.15) is 5.56 Å². The van der Waals surface area contributed by atoms with E-state index in [4.69, 9.17) is 11.5 Å². The summed E-state index contributed by atoms with van der Waals surface area (Å²) < 4.78 is 26.4. The van der Waals surface area contributed by atoms with Gasteiger partial charge >= 0.3 is 0 Å². The first-order chi connectivity index (χ1) is 9.89. The van der Waals surface area contributed by atoms with Gasteiger partial charge in [-0.25, -0.2) is 12.4 Å². The van der Waals surface area contributed by atoms with Crippen LogP contribution in [0.25, 0.3) is 11.0 Å². The fourth-order valence-corrected chi connectivity index (χ4v) is 3.35. The van der Waals surface area contributed by atoms with E-state index in [1.807, 2.05) is 6.92 Å². The van der Waals surface area contributed by atoms with Gasteiger partial charge < -0.3 is 11.5 Å². The fourth-order valence-electron chi connectivity index (χ4n) is 2.05. The molecule has 1 aromatic carbocycles. The van der Waals surface area contributed by atoms with Crippen LogP contribution in [0, 0.1) is 6.92 Å². The van der Waals surface area contributed by atoms with Crippen LogP contribution < -0.4 is 11.5 Å². The van der Waals surface area contributed by atoms with E-state index >= 15 is 0 Å². The third-order valence-electron chi connectivity index (χ3n) is 3.14. The molecule has 0 aliphatic carbocycles. The molecule has 7 nitrogen and oxygen atoms in total. The number of benzene rings is 1. The number of hydrogen-bond donors (Lipinski definition) is 2. The van der Waals surface area contributed by atoms with Gasteiger partial charge in [-0.05, 0) is 25.1 Å². The SMILES string of the molecule is Cc1ccc(S(=O)(=O)n2ccc3c(N)nc(N)nc32)cc1. The predicted molar refractivity (Wildman–Crippen MR) is 80.1 cm³/mol. The molecule has 8 heteroatoms. The summed E-state index contributed by atoms with van der Waals surface area (Å²) in [6.45, 7) is 1.88. The maximum Gasteiger partial charge on any atom is 0.269 e. The van der Waals surface area contributed by atoms with E-state index in [9.17, 15) is 8.42 Å². The van der Waals surface area contributed by atoms with Crippen molar-refractivity contribution in [2.45, 2.75) is 11.8 Å². The Balaban J connectivity index is 2.27. The maximum atomic E-state index is 12.7. The van der Waals surface area contributed by atoms with Crippen molar-refractivity contribution in [1.82, 2.24) is 13.9 Å². The van der Waals surface area contributed by atoms with Gasteiger partial charge in [0.2, 0.25) is 5.95 Å². The molecule has 0 radical (unpaired) electrons. The predicted octanol–water partition coefficient (Wildman–Crippen LogP) is 1.14. The van der Waals surface area contributed by atoms with E-state index in [0.29, 0.717) is 5.39 Å². The van der Waals surface area contributed by atoms with Gasteiger partial charge in [-0.1, -0.05) is 17.7 Å². The molecule has 0 aliphatic heterocycles. The van der Waals surface area contributed by atoms with Gasteiger partial charge in [-0.3, -0.25) is 0 Å². The molecule has 0 bridgehead atoms. The van der Waals surface area contributed by atoms with Crippen molar-refractivity contribution >= 4 is 32.8 Å². The quantitative estimate of drug-likeness (QED) is 0.733. The number of aromatic nitrogens is 3. The van der Waals surface area contributed by atoms with Crippen molar-refractivity contribution in [3.63, 3.8) is 0 Å². The average Bonchev–Trinajstić information content (AvgIpc) is 2.83. The zero-order valence-electron chi connectivity index (χ0n) is 11.2. The number of rotatable bonds is 2. The first kappa shape index (κ1) is 13.4. The Labute approximate surface area is 121 Å². The van der Waals surface area contributed by atoms with Crippen LogP contribution in [0.2, 0.25) is 0 Å². The topological polar surface area (TPSA) is 117 Å². The summed E-state index contributed by atoms with van der Waals surface area (Å²) in [6, 6.07) is 8.11. The standard InChI is InChI=1S/C13H13N5O2S/c1-8-2-4-9(5-3-8)21(19,20)18-7-6-10-11(14)16-13(15)17-12(10)18/h2-7H,1H3,(H4,14,15,16,17). The molecular weight excluding hydrogens is 290 g/mol.